The largest absolute Gasteiger partial charge is 0.497 e. The number of non-ortho nitro benzene ring substituents is 1. The van der Waals surface area contributed by atoms with E-state index in [1.54, 1.807) is 26.4 Å². The molecule has 1 aliphatic carbocycles. The molecule has 0 saturated carbocycles. The summed E-state index contributed by atoms with van der Waals surface area (Å²) in [5.74, 6) is 2.12. The van der Waals surface area contributed by atoms with E-state index in [0.717, 1.165) is 34.7 Å². The Morgan fingerprint density at radius 3 is 2.58 bits per heavy atom. The van der Waals surface area contributed by atoms with Crippen LogP contribution in [0.4, 0.5) is 11.4 Å². The van der Waals surface area contributed by atoms with Gasteiger partial charge in [0.05, 0.1) is 30.9 Å². The Morgan fingerprint density at radius 2 is 1.92 bits per heavy atom. The molecule has 0 fully saturated rings. The highest BCUT2D eigenvalue weighted by molar-refractivity contribution is 5.70. The number of allylic oxidation sites excluding steroid dienone is 2. The van der Waals surface area contributed by atoms with Crippen molar-refractivity contribution in [1.29, 1.82) is 0 Å². The molecular formula is C20H20N2O4. The van der Waals surface area contributed by atoms with Gasteiger partial charge in [-0.05, 0) is 29.5 Å². The molecule has 0 bridgehead atoms. The highest BCUT2D eigenvalue weighted by atomic mass is 16.6. The van der Waals surface area contributed by atoms with Gasteiger partial charge in [-0.15, -0.1) is 0 Å². The average Bonchev–Trinajstić information content (AvgIpc) is 3.16. The second kappa shape index (κ2) is 6.37. The van der Waals surface area contributed by atoms with Crippen LogP contribution in [0.5, 0.6) is 11.5 Å². The molecule has 134 valence electrons. The molecule has 3 atom stereocenters. The number of hydrogen-bond acceptors (Lipinski definition) is 5. The Morgan fingerprint density at radius 1 is 1.15 bits per heavy atom. The summed E-state index contributed by atoms with van der Waals surface area (Å²) in [6.45, 7) is 0. The number of nitro groups is 1. The van der Waals surface area contributed by atoms with Crippen LogP contribution in [0.2, 0.25) is 0 Å². The number of methoxy groups -OCH3 is 2. The third kappa shape index (κ3) is 2.58. The molecule has 0 spiro atoms. The van der Waals surface area contributed by atoms with Gasteiger partial charge in [0.2, 0.25) is 0 Å². The second-order valence-electron chi connectivity index (χ2n) is 6.62. The number of anilines is 1. The van der Waals surface area contributed by atoms with Crippen molar-refractivity contribution < 1.29 is 14.4 Å². The number of rotatable bonds is 4. The lowest BCUT2D eigenvalue weighted by molar-refractivity contribution is -0.384. The summed E-state index contributed by atoms with van der Waals surface area (Å²) in [7, 11) is 3.30. The summed E-state index contributed by atoms with van der Waals surface area (Å²) in [4.78, 5) is 10.6. The summed E-state index contributed by atoms with van der Waals surface area (Å²) in [6, 6.07) is 10.8. The number of hydrogen-bond donors (Lipinski definition) is 1. The lowest BCUT2D eigenvalue weighted by Crippen LogP contribution is -2.29. The molecule has 6 nitrogen and oxygen atoms in total. The van der Waals surface area contributed by atoms with Gasteiger partial charge >= 0.3 is 0 Å². The maximum atomic E-state index is 10.9. The van der Waals surface area contributed by atoms with Gasteiger partial charge in [-0.1, -0.05) is 24.3 Å². The monoisotopic (exact) mass is 352 g/mol. The Hall–Kier alpha value is -3.02. The second-order valence-corrected chi connectivity index (χ2v) is 6.62. The zero-order chi connectivity index (χ0) is 18.3. The van der Waals surface area contributed by atoms with Crippen molar-refractivity contribution in [2.24, 2.45) is 5.92 Å². The number of ether oxygens (including phenoxy) is 2. The van der Waals surface area contributed by atoms with E-state index in [2.05, 4.69) is 23.5 Å². The fourth-order valence-corrected chi connectivity index (χ4v) is 4.05. The fourth-order valence-electron chi connectivity index (χ4n) is 4.05. The van der Waals surface area contributed by atoms with Crippen LogP contribution in [-0.2, 0) is 0 Å². The van der Waals surface area contributed by atoms with Gasteiger partial charge in [0, 0.05) is 24.1 Å². The van der Waals surface area contributed by atoms with Gasteiger partial charge in [0.1, 0.15) is 11.5 Å². The third-order valence-corrected chi connectivity index (χ3v) is 5.32. The predicted octanol–water partition coefficient (Wildman–Crippen LogP) is 4.44. The molecule has 1 aliphatic heterocycles. The quantitative estimate of drug-likeness (QED) is 0.500. The molecule has 4 rings (SSSR count). The van der Waals surface area contributed by atoms with Gasteiger partial charge in [0.15, 0.2) is 0 Å². The lowest BCUT2D eigenvalue weighted by Gasteiger charge is -2.38. The predicted molar refractivity (Wildman–Crippen MR) is 99.0 cm³/mol. The Labute approximate surface area is 151 Å². The summed E-state index contributed by atoms with van der Waals surface area (Å²) in [6.07, 6.45) is 5.40. The van der Waals surface area contributed by atoms with Crippen LogP contribution in [0, 0.1) is 16.0 Å². The maximum Gasteiger partial charge on any atom is 0.269 e. The minimum Gasteiger partial charge on any atom is -0.497 e. The first-order valence-electron chi connectivity index (χ1n) is 8.56. The summed E-state index contributed by atoms with van der Waals surface area (Å²) in [5, 5.41) is 14.5. The van der Waals surface area contributed by atoms with Crippen LogP contribution in [0.15, 0.2) is 48.6 Å². The SMILES string of the molecule is COc1cc(OC)c2c(c1)[C@@H]1C=CC[C@H]1[C@@H](c1ccc([N+](=O)[O-])cc1)N2. The minimum absolute atomic E-state index is 0.0607. The molecule has 2 aromatic carbocycles. The highest BCUT2D eigenvalue weighted by Gasteiger charge is 2.39. The van der Waals surface area contributed by atoms with E-state index in [-0.39, 0.29) is 22.6 Å². The van der Waals surface area contributed by atoms with Crippen LogP contribution in [0.3, 0.4) is 0 Å². The van der Waals surface area contributed by atoms with Crippen molar-refractivity contribution >= 4 is 11.4 Å². The first-order valence-corrected chi connectivity index (χ1v) is 8.56. The molecule has 6 heteroatoms. The molecule has 26 heavy (non-hydrogen) atoms. The lowest BCUT2D eigenvalue weighted by atomic mass is 9.77. The zero-order valence-corrected chi connectivity index (χ0v) is 14.6. The van der Waals surface area contributed by atoms with E-state index in [0.29, 0.717) is 5.92 Å². The number of fused-ring (bicyclic) bond motifs is 3. The van der Waals surface area contributed by atoms with Crippen LogP contribution in [0.25, 0.3) is 0 Å². The summed E-state index contributed by atoms with van der Waals surface area (Å²) >= 11 is 0. The Bertz CT molecular complexity index is 876. The molecule has 0 unspecified atom stereocenters. The molecular weight excluding hydrogens is 332 g/mol. The third-order valence-electron chi connectivity index (χ3n) is 5.32. The standard InChI is InChI=1S/C20H20N2O4/c1-25-14-10-17-15-4-3-5-16(15)19(21-20(17)18(11-14)26-2)12-6-8-13(9-7-12)22(23)24/h3-4,6-11,15-16,19,21H,5H2,1-2H3/t15-,16-,19-/m1/s1. The topological polar surface area (TPSA) is 73.6 Å². The van der Waals surface area contributed by atoms with Crippen molar-refractivity contribution in [3.8, 4) is 11.5 Å². The van der Waals surface area contributed by atoms with E-state index in [4.69, 9.17) is 9.47 Å². The number of benzene rings is 2. The van der Waals surface area contributed by atoms with Crippen LogP contribution >= 0.6 is 0 Å². The van der Waals surface area contributed by atoms with Crippen molar-refractivity contribution in [2.75, 3.05) is 19.5 Å². The number of nitro benzene ring substituents is 1. The Kier molecular flexibility index (Phi) is 4.03. The van der Waals surface area contributed by atoms with Crippen LogP contribution in [0.1, 0.15) is 29.5 Å². The van der Waals surface area contributed by atoms with Crippen molar-refractivity contribution in [1.82, 2.24) is 0 Å². The van der Waals surface area contributed by atoms with Gasteiger partial charge in [-0.25, -0.2) is 0 Å². The van der Waals surface area contributed by atoms with Crippen LogP contribution in [-0.4, -0.2) is 19.1 Å². The van der Waals surface area contributed by atoms with Crippen molar-refractivity contribution in [3.05, 3.63) is 69.8 Å². The molecule has 0 aromatic heterocycles. The van der Waals surface area contributed by atoms with Crippen molar-refractivity contribution in [2.45, 2.75) is 18.4 Å². The first-order chi connectivity index (χ1) is 12.6. The Balaban J connectivity index is 1.77. The van der Waals surface area contributed by atoms with Gasteiger partial charge in [0.25, 0.3) is 5.69 Å². The average molecular weight is 352 g/mol. The summed E-state index contributed by atoms with van der Waals surface area (Å²) in [5.41, 5.74) is 3.27. The first kappa shape index (κ1) is 16.4. The van der Waals surface area contributed by atoms with Gasteiger partial charge in [-0.3, -0.25) is 10.1 Å². The van der Waals surface area contributed by atoms with E-state index >= 15 is 0 Å². The van der Waals surface area contributed by atoms with Gasteiger partial charge in [-0.2, -0.15) is 0 Å². The van der Waals surface area contributed by atoms with E-state index in [9.17, 15) is 10.1 Å². The zero-order valence-electron chi connectivity index (χ0n) is 14.6. The minimum atomic E-state index is -0.372. The van der Waals surface area contributed by atoms with E-state index in [1.807, 2.05) is 18.2 Å². The van der Waals surface area contributed by atoms with Crippen LogP contribution < -0.4 is 14.8 Å². The summed E-state index contributed by atoms with van der Waals surface area (Å²) < 4.78 is 11.0. The van der Waals surface area contributed by atoms with E-state index < -0.39 is 0 Å². The fraction of sp³-hybridized carbons (Fsp3) is 0.300. The molecule has 1 heterocycles. The highest BCUT2D eigenvalue weighted by Crippen LogP contribution is 2.53. The van der Waals surface area contributed by atoms with Gasteiger partial charge < -0.3 is 14.8 Å². The molecule has 0 radical (unpaired) electrons. The molecule has 0 amide bonds. The number of nitrogens with one attached hydrogen (secondary N) is 1. The molecule has 1 N–H and O–H groups in total. The molecule has 2 aliphatic rings. The maximum absolute atomic E-state index is 10.9. The van der Waals surface area contributed by atoms with E-state index in [1.165, 1.54) is 0 Å². The van der Waals surface area contributed by atoms with Crippen molar-refractivity contribution in [3.63, 3.8) is 0 Å². The number of nitrogens with zero attached hydrogens (tertiary/aromatic N) is 1. The molecule has 2 aromatic rings. The normalized spacial score (nSPS) is 22.9. The molecule has 0 saturated heterocycles. The smallest absolute Gasteiger partial charge is 0.269 e.